The van der Waals surface area contributed by atoms with Gasteiger partial charge in [0.25, 0.3) is 0 Å². The van der Waals surface area contributed by atoms with Gasteiger partial charge in [-0.05, 0) is 39.8 Å². The van der Waals surface area contributed by atoms with Gasteiger partial charge in [-0.1, -0.05) is 6.07 Å². The van der Waals surface area contributed by atoms with Gasteiger partial charge in [0.1, 0.15) is 5.82 Å². The molecule has 1 fully saturated rings. The Morgan fingerprint density at radius 3 is 2.59 bits per heavy atom. The average Bonchev–Trinajstić information content (AvgIpc) is 2.23. The van der Waals surface area contributed by atoms with E-state index in [0.717, 1.165) is 5.82 Å². The highest BCUT2D eigenvalue weighted by Gasteiger charge is 2.44. The first-order chi connectivity index (χ1) is 7.82. The van der Waals surface area contributed by atoms with Crippen LogP contribution in [0, 0.1) is 0 Å². The highest BCUT2D eigenvalue weighted by molar-refractivity contribution is 6.00. The Kier molecular flexibility index (Phi) is 2.70. The fourth-order valence-electron chi connectivity index (χ4n) is 2.44. The number of amides is 1. The van der Waals surface area contributed by atoms with Crippen molar-refractivity contribution < 1.29 is 4.79 Å². The summed E-state index contributed by atoms with van der Waals surface area (Å²) in [4.78, 5) is 18.4. The number of anilines is 1. The molecule has 0 aromatic carbocycles. The Morgan fingerprint density at radius 1 is 1.29 bits per heavy atom. The van der Waals surface area contributed by atoms with Crippen LogP contribution < -0.4 is 10.2 Å². The molecule has 1 aliphatic rings. The Labute approximate surface area is 102 Å². The van der Waals surface area contributed by atoms with Crippen molar-refractivity contribution in [3.63, 3.8) is 0 Å². The first kappa shape index (κ1) is 12.0. The molecule has 1 aromatic rings. The predicted molar refractivity (Wildman–Crippen MR) is 67.9 cm³/mol. The van der Waals surface area contributed by atoms with E-state index in [1.54, 1.807) is 11.1 Å². The van der Waals surface area contributed by atoms with Gasteiger partial charge in [0.05, 0.1) is 5.54 Å². The molecule has 0 atom stereocenters. The highest BCUT2D eigenvalue weighted by atomic mass is 16.2. The number of nitrogens with zero attached hydrogens (tertiary/aromatic N) is 2. The maximum absolute atomic E-state index is 12.4. The first-order valence-electron chi connectivity index (χ1n) is 5.84. The topological polar surface area (TPSA) is 45.2 Å². The van der Waals surface area contributed by atoms with Crippen molar-refractivity contribution in [2.45, 2.75) is 38.8 Å². The van der Waals surface area contributed by atoms with Crippen LogP contribution in [-0.4, -0.2) is 28.5 Å². The van der Waals surface area contributed by atoms with Crippen molar-refractivity contribution in [1.82, 2.24) is 10.3 Å². The van der Waals surface area contributed by atoms with E-state index in [2.05, 4.69) is 24.1 Å². The largest absolute Gasteiger partial charge is 0.297 e. The van der Waals surface area contributed by atoms with Gasteiger partial charge in [-0.2, -0.15) is 0 Å². The summed E-state index contributed by atoms with van der Waals surface area (Å²) in [7, 11) is 0. The molecular weight excluding hydrogens is 214 g/mol. The van der Waals surface area contributed by atoms with E-state index in [1.807, 2.05) is 32.0 Å². The lowest BCUT2D eigenvalue weighted by Gasteiger charge is -2.46. The molecular formula is C13H19N3O. The SMILES string of the molecule is CC1(C)CN(c2ccccn2)C(=O)C(C)(C)N1. The molecule has 1 amide bonds. The van der Waals surface area contributed by atoms with E-state index in [-0.39, 0.29) is 11.4 Å². The second-order valence-electron chi connectivity index (χ2n) is 5.71. The van der Waals surface area contributed by atoms with Gasteiger partial charge in [-0.25, -0.2) is 4.98 Å². The van der Waals surface area contributed by atoms with Crippen molar-refractivity contribution in [1.29, 1.82) is 0 Å². The van der Waals surface area contributed by atoms with Crippen molar-refractivity contribution in [2.75, 3.05) is 11.4 Å². The Hall–Kier alpha value is -1.42. The summed E-state index contributed by atoms with van der Waals surface area (Å²) in [6, 6.07) is 5.62. The summed E-state index contributed by atoms with van der Waals surface area (Å²) < 4.78 is 0. The highest BCUT2D eigenvalue weighted by Crippen LogP contribution is 2.25. The van der Waals surface area contributed by atoms with Crippen molar-refractivity contribution in [3.05, 3.63) is 24.4 Å². The number of pyridine rings is 1. The molecule has 1 N–H and O–H groups in total. The molecule has 0 radical (unpaired) electrons. The maximum Gasteiger partial charge on any atom is 0.247 e. The Balaban J connectivity index is 2.37. The number of hydrogen-bond acceptors (Lipinski definition) is 3. The summed E-state index contributed by atoms with van der Waals surface area (Å²) in [6.45, 7) is 8.64. The number of hydrogen-bond donors (Lipinski definition) is 1. The molecule has 0 bridgehead atoms. The minimum absolute atomic E-state index is 0.0653. The second kappa shape index (κ2) is 3.81. The summed E-state index contributed by atoms with van der Waals surface area (Å²) in [5, 5.41) is 3.36. The summed E-state index contributed by atoms with van der Waals surface area (Å²) in [5.41, 5.74) is -0.672. The molecule has 92 valence electrons. The zero-order valence-electron chi connectivity index (χ0n) is 10.8. The third-order valence-corrected chi connectivity index (χ3v) is 2.91. The third-order valence-electron chi connectivity index (χ3n) is 2.91. The summed E-state index contributed by atoms with van der Waals surface area (Å²) in [5.74, 6) is 0.788. The number of nitrogens with one attached hydrogen (secondary N) is 1. The standard InChI is InChI=1S/C13H19N3O/c1-12(2)9-16(10-7-5-6-8-14-10)11(17)13(3,4)15-12/h5-8,15H,9H2,1-4H3. The van der Waals surface area contributed by atoms with Gasteiger partial charge < -0.3 is 0 Å². The minimum atomic E-state index is -0.556. The fraction of sp³-hybridized carbons (Fsp3) is 0.538. The quantitative estimate of drug-likeness (QED) is 0.801. The molecule has 0 spiro atoms. The Morgan fingerprint density at radius 2 is 2.00 bits per heavy atom. The van der Waals surface area contributed by atoms with E-state index in [9.17, 15) is 4.79 Å². The smallest absolute Gasteiger partial charge is 0.247 e. The van der Waals surface area contributed by atoms with Crippen LogP contribution in [0.4, 0.5) is 5.82 Å². The monoisotopic (exact) mass is 233 g/mol. The normalized spacial score (nSPS) is 22.6. The van der Waals surface area contributed by atoms with E-state index < -0.39 is 5.54 Å². The molecule has 2 rings (SSSR count). The van der Waals surface area contributed by atoms with Crippen molar-refractivity contribution in [2.24, 2.45) is 0 Å². The molecule has 1 aliphatic heterocycles. The lowest BCUT2D eigenvalue weighted by Crippen LogP contribution is -2.70. The average molecular weight is 233 g/mol. The van der Waals surface area contributed by atoms with Gasteiger partial charge in [0.15, 0.2) is 0 Å². The molecule has 1 aromatic heterocycles. The molecule has 0 aliphatic carbocycles. The van der Waals surface area contributed by atoms with Gasteiger partial charge in [-0.15, -0.1) is 0 Å². The van der Waals surface area contributed by atoms with Gasteiger partial charge >= 0.3 is 0 Å². The van der Waals surface area contributed by atoms with Crippen LogP contribution in [0.15, 0.2) is 24.4 Å². The maximum atomic E-state index is 12.4. The van der Waals surface area contributed by atoms with Crippen molar-refractivity contribution >= 4 is 11.7 Å². The zero-order chi connectivity index (χ0) is 12.7. The minimum Gasteiger partial charge on any atom is -0.297 e. The molecule has 4 heteroatoms. The van der Waals surface area contributed by atoms with Crippen LogP contribution >= 0.6 is 0 Å². The molecule has 2 heterocycles. The van der Waals surface area contributed by atoms with Gasteiger partial charge in [-0.3, -0.25) is 15.0 Å². The van der Waals surface area contributed by atoms with Crippen LogP contribution in [0.5, 0.6) is 0 Å². The number of piperazine rings is 1. The third kappa shape index (κ3) is 2.31. The number of carbonyl (C=O) groups excluding carboxylic acids is 1. The van der Waals surface area contributed by atoms with Crippen LogP contribution in [0.25, 0.3) is 0 Å². The molecule has 1 saturated heterocycles. The van der Waals surface area contributed by atoms with Crippen LogP contribution in [0.2, 0.25) is 0 Å². The summed E-state index contributed by atoms with van der Waals surface area (Å²) >= 11 is 0. The lowest BCUT2D eigenvalue weighted by atomic mass is 9.90. The zero-order valence-corrected chi connectivity index (χ0v) is 10.8. The van der Waals surface area contributed by atoms with E-state index in [4.69, 9.17) is 0 Å². The lowest BCUT2D eigenvalue weighted by molar-refractivity contribution is -0.126. The number of aromatic nitrogens is 1. The molecule has 4 nitrogen and oxygen atoms in total. The van der Waals surface area contributed by atoms with Crippen LogP contribution in [0.1, 0.15) is 27.7 Å². The van der Waals surface area contributed by atoms with E-state index in [0.29, 0.717) is 6.54 Å². The van der Waals surface area contributed by atoms with Gasteiger partial charge in [0, 0.05) is 18.3 Å². The molecule has 0 unspecified atom stereocenters. The number of carbonyl (C=O) groups is 1. The van der Waals surface area contributed by atoms with Crippen LogP contribution in [0.3, 0.4) is 0 Å². The van der Waals surface area contributed by atoms with Gasteiger partial charge in [0.2, 0.25) is 5.91 Å². The predicted octanol–water partition coefficient (Wildman–Crippen LogP) is 1.57. The first-order valence-corrected chi connectivity index (χ1v) is 5.84. The Bertz CT molecular complexity index is 426. The van der Waals surface area contributed by atoms with E-state index >= 15 is 0 Å². The summed E-state index contributed by atoms with van der Waals surface area (Å²) in [6.07, 6.45) is 1.71. The van der Waals surface area contributed by atoms with Crippen molar-refractivity contribution in [3.8, 4) is 0 Å². The van der Waals surface area contributed by atoms with E-state index in [1.165, 1.54) is 0 Å². The van der Waals surface area contributed by atoms with Crippen LogP contribution in [-0.2, 0) is 4.79 Å². The number of rotatable bonds is 1. The fourth-order valence-corrected chi connectivity index (χ4v) is 2.44. The molecule has 0 saturated carbocycles. The molecule has 17 heavy (non-hydrogen) atoms. The second-order valence-corrected chi connectivity index (χ2v) is 5.71.